The van der Waals surface area contributed by atoms with Crippen LogP contribution in [0.25, 0.3) is 0 Å². The van der Waals surface area contributed by atoms with Crippen LogP contribution >= 0.6 is 22.9 Å². The summed E-state index contributed by atoms with van der Waals surface area (Å²) in [6.45, 7) is 4.72. The third-order valence-corrected chi connectivity index (χ3v) is 5.22. The van der Waals surface area contributed by atoms with Crippen LogP contribution in [-0.2, 0) is 11.3 Å². The molecule has 1 heterocycles. The summed E-state index contributed by atoms with van der Waals surface area (Å²) in [4.78, 5) is 41.0. The van der Waals surface area contributed by atoms with Gasteiger partial charge in [0.15, 0.2) is 5.69 Å². The van der Waals surface area contributed by atoms with E-state index in [9.17, 15) is 19.7 Å². The number of carbonyl (C=O) groups excluding carboxylic acids is 2. The average Bonchev–Trinajstić information content (AvgIpc) is 3.15. The van der Waals surface area contributed by atoms with Crippen LogP contribution in [0.4, 0.5) is 5.69 Å². The van der Waals surface area contributed by atoms with E-state index in [1.54, 1.807) is 17.2 Å². The van der Waals surface area contributed by atoms with Gasteiger partial charge in [0.25, 0.3) is 11.6 Å². The Bertz CT molecular complexity index is 886. The lowest BCUT2D eigenvalue weighted by Crippen LogP contribution is -2.31. The highest BCUT2D eigenvalue weighted by Crippen LogP contribution is 2.25. The first-order chi connectivity index (χ1) is 13.9. The molecule has 8 nitrogen and oxygen atoms in total. The number of nitrogens with zero attached hydrogens (tertiary/aromatic N) is 3. The number of unbranched alkanes of at least 4 members (excludes halogenated alkanes) is 2. The quantitative estimate of drug-likeness (QED) is 0.230. The Morgan fingerprint density at radius 1 is 1.31 bits per heavy atom. The predicted octanol–water partition coefficient (Wildman–Crippen LogP) is 4.71. The molecule has 0 N–H and O–H groups in total. The van der Waals surface area contributed by atoms with Crippen LogP contribution in [0.1, 0.15) is 59.0 Å². The summed E-state index contributed by atoms with van der Waals surface area (Å²) in [6.07, 6.45) is 2.73. The molecule has 0 aliphatic carbocycles. The van der Waals surface area contributed by atoms with Crippen molar-refractivity contribution < 1.29 is 19.2 Å². The van der Waals surface area contributed by atoms with Gasteiger partial charge in [-0.05, 0) is 19.4 Å². The lowest BCUT2D eigenvalue weighted by atomic mass is 10.1. The third kappa shape index (κ3) is 6.23. The second-order valence-electron chi connectivity index (χ2n) is 6.20. The van der Waals surface area contributed by atoms with Crippen molar-refractivity contribution in [3.05, 3.63) is 55.0 Å². The summed E-state index contributed by atoms with van der Waals surface area (Å²) in [7, 11) is 0. The summed E-state index contributed by atoms with van der Waals surface area (Å²) >= 11 is 7.40. The molecule has 0 bridgehead atoms. The molecule has 0 spiro atoms. The molecule has 29 heavy (non-hydrogen) atoms. The fourth-order valence-electron chi connectivity index (χ4n) is 2.61. The van der Waals surface area contributed by atoms with E-state index in [0.717, 1.165) is 19.3 Å². The van der Waals surface area contributed by atoms with Gasteiger partial charge in [0.05, 0.1) is 28.7 Å². The van der Waals surface area contributed by atoms with Gasteiger partial charge in [0, 0.05) is 24.1 Å². The van der Waals surface area contributed by atoms with Gasteiger partial charge in [-0.2, -0.15) is 0 Å². The Morgan fingerprint density at radius 2 is 2.07 bits per heavy atom. The van der Waals surface area contributed by atoms with Gasteiger partial charge >= 0.3 is 5.97 Å². The number of aromatic nitrogens is 1. The highest BCUT2D eigenvalue weighted by Gasteiger charge is 2.22. The zero-order valence-electron chi connectivity index (χ0n) is 16.2. The zero-order valence-corrected chi connectivity index (χ0v) is 17.8. The fraction of sp³-hybridized carbons (Fsp3) is 0.421. The predicted molar refractivity (Wildman–Crippen MR) is 110 cm³/mol. The number of amides is 1. The Labute approximate surface area is 177 Å². The topological polar surface area (TPSA) is 103 Å². The lowest BCUT2D eigenvalue weighted by Gasteiger charge is -2.22. The van der Waals surface area contributed by atoms with Crippen molar-refractivity contribution in [2.45, 2.75) is 39.7 Å². The van der Waals surface area contributed by atoms with Crippen molar-refractivity contribution in [1.82, 2.24) is 9.88 Å². The van der Waals surface area contributed by atoms with Crippen LogP contribution in [0.3, 0.4) is 0 Å². The standard InChI is InChI=1S/C19H22ClN3O5S/c1-3-5-6-9-22(11-17-21-16(12-29-17)19(25)28-4-2)18(24)14-8-7-13(23(26)27)10-15(14)20/h7-8,10,12H,3-6,9,11H2,1-2H3. The number of esters is 1. The maximum Gasteiger partial charge on any atom is 0.357 e. The molecule has 0 fully saturated rings. The molecule has 156 valence electrons. The van der Waals surface area contributed by atoms with Crippen molar-refractivity contribution in [2.24, 2.45) is 0 Å². The zero-order chi connectivity index (χ0) is 21.4. The first-order valence-electron chi connectivity index (χ1n) is 9.22. The van der Waals surface area contributed by atoms with E-state index in [1.165, 1.54) is 29.5 Å². The van der Waals surface area contributed by atoms with Gasteiger partial charge in [0.2, 0.25) is 0 Å². The van der Waals surface area contributed by atoms with Crippen LogP contribution in [0, 0.1) is 10.1 Å². The Kier molecular flexibility index (Phi) is 8.53. The van der Waals surface area contributed by atoms with E-state index < -0.39 is 10.9 Å². The molecule has 2 aromatic rings. The van der Waals surface area contributed by atoms with Crippen molar-refractivity contribution in [3.8, 4) is 0 Å². The molecule has 1 aromatic heterocycles. The third-order valence-electron chi connectivity index (χ3n) is 4.08. The van der Waals surface area contributed by atoms with Crippen LogP contribution in [-0.4, -0.2) is 39.8 Å². The van der Waals surface area contributed by atoms with Crippen molar-refractivity contribution >= 4 is 40.5 Å². The monoisotopic (exact) mass is 439 g/mol. The number of thiazole rings is 1. The van der Waals surface area contributed by atoms with Gasteiger partial charge in [0.1, 0.15) is 5.01 Å². The molecule has 1 amide bonds. The number of halogens is 1. The number of non-ortho nitro benzene ring substituents is 1. The average molecular weight is 440 g/mol. The highest BCUT2D eigenvalue weighted by molar-refractivity contribution is 7.09. The van der Waals surface area contributed by atoms with E-state index in [2.05, 4.69) is 11.9 Å². The molecule has 0 atom stereocenters. The van der Waals surface area contributed by atoms with Gasteiger partial charge in [-0.1, -0.05) is 31.4 Å². The smallest absolute Gasteiger partial charge is 0.357 e. The molecule has 0 saturated carbocycles. The number of benzene rings is 1. The lowest BCUT2D eigenvalue weighted by molar-refractivity contribution is -0.384. The minimum absolute atomic E-state index is 0.0241. The summed E-state index contributed by atoms with van der Waals surface area (Å²) in [5.74, 6) is -0.842. The first kappa shape index (κ1) is 22.8. The summed E-state index contributed by atoms with van der Waals surface area (Å²) < 4.78 is 4.94. The number of hydrogen-bond donors (Lipinski definition) is 0. The van der Waals surface area contributed by atoms with E-state index in [0.29, 0.717) is 11.6 Å². The van der Waals surface area contributed by atoms with E-state index in [4.69, 9.17) is 16.3 Å². The Balaban J connectivity index is 2.22. The molecular weight excluding hydrogens is 418 g/mol. The maximum absolute atomic E-state index is 13.0. The molecule has 0 radical (unpaired) electrons. The number of rotatable bonds is 10. The molecule has 0 aliphatic heterocycles. The second kappa shape index (κ2) is 10.9. The highest BCUT2D eigenvalue weighted by atomic mass is 35.5. The van der Waals surface area contributed by atoms with Crippen LogP contribution in [0.15, 0.2) is 23.6 Å². The van der Waals surface area contributed by atoms with Crippen LogP contribution in [0.5, 0.6) is 0 Å². The molecule has 2 rings (SSSR count). The van der Waals surface area contributed by atoms with Gasteiger partial charge in [-0.25, -0.2) is 9.78 Å². The number of ether oxygens (including phenoxy) is 1. The molecule has 0 aliphatic rings. The molecular formula is C19H22ClN3O5S. The van der Waals surface area contributed by atoms with Crippen molar-refractivity contribution in [3.63, 3.8) is 0 Å². The summed E-state index contributed by atoms with van der Waals surface area (Å²) in [5, 5.41) is 13.1. The molecule has 0 saturated heterocycles. The summed E-state index contributed by atoms with van der Waals surface area (Å²) in [5.41, 5.74) is 0.222. The van der Waals surface area contributed by atoms with Gasteiger partial charge < -0.3 is 9.64 Å². The van der Waals surface area contributed by atoms with Crippen molar-refractivity contribution in [2.75, 3.05) is 13.2 Å². The SMILES string of the molecule is CCCCCN(Cc1nc(C(=O)OCC)cs1)C(=O)c1ccc([N+](=O)[O-])cc1Cl. The largest absolute Gasteiger partial charge is 0.461 e. The van der Waals surface area contributed by atoms with Gasteiger partial charge in [-0.3, -0.25) is 14.9 Å². The molecule has 10 heteroatoms. The summed E-state index contributed by atoms with van der Waals surface area (Å²) in [6, 6.07) is 3.79. The Hall–Kier alpha value is -2.52. The van der Waals surface area contributed by atoms with Gasteiger partial charge in [-0.15, -0.1) is 11.3 Å². The maximum atomic E-state index is 13.0. The molecule has 1 aromatic carbocycles. The number of nitro groups is 1. The Morgan fingerprint density at radius 3 is 2.69 bits per heavy atom. The van der Waals surface area contributed by atoms with E-state index in [1.807, 2.05) is 0 Å². The normalized spacial score (nSPS) is 10.6. The number of hydrogen-bond acceptors (Lipinski definition) is 7. The number of nitro benzene ring substituents is 1. The fourth-order valence-corrected chi connectivity index (χ4v) is 3.65. The van der Waals surface area contributed by atoms with Crippen LogP contribution in [0.2, 0.25) is 5.02 Å². The second-order valence-corrected chi connectivity index (χ2v) is 7.55. The minimum Gasteiger partial charge on any atom is -0.461 e. The van der Waals surface area contributed by atoms with Crippen LogP contribution < -0.4 is 0 Å². The number of carbonyl (C=O) groups is 2. The minimum atomic E-state index is -0.564. The van der Waals surface area contributed by atoms with Crippen molar-refractivity contribution in [1.29, 1.82) is 0 Å². The first-order valence-corrected chi connectivity index (χ1v) is 10.5. The van der Waals surface area contributed by atoms with E-state index >= 15 is 0 Å². The van der Waals surface area contributed by atoms with E-state index in [-0.39, 0.29) is 41.0 Å². The molecule has 0 unspecified atom stereocenters.